The molecular weight excluding hydrogens is 226 g/mol. The van der Waals surface area contributed by atoms with Crippen LogP contribution in [0.25, 0.3) is 0 Å². The minimum atomic E-state index is -2.75. The van der Waals surface area contributed by atoms with Crippen LogP contribution in [0.5, 0.6) is 5.75 Å². The Morgan fingerprint density at radius 1 is 0.941 bits per heavy atom. The van der Waals surface area contributed by atoms with E-state index in [2.05, 4.69) is 0 Å². The Morgan fingerprint density at radius 3 is 2.06 bits per heavy atom. The molecule has 2 aromatic carbocycles. The third kappa shape index (κ3) is 2.85. The topological polar surface area (TPSA) is 40.1 Å². The first-order valence-corrected chi connectivity index (χ1v) is 7.17. The maximum absolute atomic E-state index is 12.6. The molecule has 4 heteroatoms. The van der Waals surface area contributed by atoms with Gasteiger partial charge in [-0.1, -0.05) is 60.3 Å². The Kier molecular flexibility index (Phi) is 4.66. The van der Waals surface area contributed by atoms with E-state index in [1.54, 1.807) is 37.0 Å². The van der Waals surface area contributed by atoms with E-state index in [9.17, 15) is 9.67 Å². The zero-order valence-electron chi connectivity index (χ0n) is 9.96. The van der Waals surface area contributed by atoms with Gasteiger partial charge in [0.1, 0.15) is 7.14 Å². The molecule has 0 spiro atoms. The minimum absolute atomic E-state index is 0. The number of hydrogen-bond donors (Lipinski definition) is 0. The summed E-state index contributed by atoms with van der Waals surface area (Å²) in [5.74, 6) is -0.155. The third-order valence-corrected chi connectivity index (χ3v) is 5.15. The summed E-state index contributed by atoms with van der Waals surface area (Å²) in [6.45, 7) is 1.64. The van der Waals surface area contributed by atoms with Crippen molar-refractivity contribution in [1.82, 2.24) is 0 Å². The van der Waals surface area contributed by atoms with Crippen molar-refractivity contribution in [3.8, 4) is 5.75 Å². The fraction of sp³-hybridized carbons (Fsp3) is 0.0769. The molecule has 0 aliphatic rings. The number of para-hydroxylation sites is 1. The van der Waals surface area contributed by atoms with Crippen molar-refractivity contribution in [3.63, 3.8) is 0 Å². The van der Waals surface area contributed by atoms with Gasteiger partial charge in [0, 0.05) is 10.6 Å². The molecule has 0 saturated heterocycles. The maximum atomic E-state index is 12.6. The van der Waals surface area contributed by atoms with Crippen LogP contribution in [0.15, 0.2) is 54.6 Å². The summed E-state index contributed by atoms with van der Waals surface area (Å²) in [5.41, 5.74) is 0. The van der Waals surface area contributed by atoms with E-state index in [0.29, 0.717) is 5.30 Å². The van der Waals surface area contributed by atoms with Crippen molar-refractivity contribution in [3.05, 3.63) is 54.6 Å². The second kappa shape index (κ2) is 5.60. The molecule has 0 amide bonds. The number of benzene rings is 2. The van der Waals surface area contributed by atoms with Gasteiger partial charge in [0.2, 0.25) is 0 Å². The molecule has 0 heterocycles. The average Bonchev–Trinajstić information content (AvgIpc) is 2.30. The van der Waals surface area contributed by atoms with Crippen molar-refractivity contribution >= 4 is 17.8 Å². The van der Waals surface area contributed by atoms with Crippen molar-refractivity contribution in [2.45, 2.75) is 0 Å². The maximum Gasteiger partial charge on any atom is 1.00 e. The van der Waals surface area contributed by atoms with Crippen molar-refractivity contribution in [2.24, 2.45) is 0 Å². The summed E-state index contributed by atoms with van der Waals surface area (Å²) in [7, 11) is -2.75. The fourth-order valence-corrected chi connectivity index (χ4v) is 3.55. The van der Waals surface area contributed by atoms with E-state index in [0.717, 1.165) is 5.30 Å². The minimum Gasteiger partial charge on any atom is -0.872 e. The molecule has 0 fully saturated rings. The van der Waals surface area contributed by atoms with Crippen molar-refractivity contribution in [1.29, 1.82) is 0 Å². The van der Waals surface area contributed by atoms with E-state index in [1.165, 1.54) is 6.07 Å². The molecule has 1 atom stereocenters. The Hall–Kier alpha value is -0.933. The first-order chi connectivity index (χ1) is 7.62. The standard InChI is InChI=1S/C13H13O2P.Li/c1-16(15,11-7-3-2-4-8-11)13-10-6-5-9-12(13)14;/h2-10,14H,1H3;/q;+1/p-1. The molecule has 2 aromatic rings. The van der Waals surface area contributed by atoms with E-state index in [-0.39, 0.29) is 24.6 Å². The molecule has 1 unspecified atom stereocenters. The smallest absolute Gasteiger partial charge is 0.872 e. The van der Waals surface area contributed by atoms with Gasteiger partial charge in [0.25, 0.3) is 0 Å². The van der Waals surface area contributed by atoms with Crippen LogP contribution in [0, 0.1) is 0 Å². The molecule has 0 N–H and O–H groups in total. The average molecular weight is 238 g/mol. The van der Waals surface area contributed by atoms with Crippen molar-refractivity contribution in [2.75, 3.05) is 6.66 Å². The fourth-order valence-electron chi connectivity index (χ4n) is 1.66. The molecule has 0 aliphatic heterocycles. The van der Waals surface area contributed by atoms with Gasteiger partial charge in [-0.2, -0.15) is 0 Å². The summed E-state index contributed by atoms with van der Waals surface area (Å²) in [6.07, 6.45) is 0. The normalized spacial score (nSPS) is 13.5. The van der Waals surface area contributed by atoms with E-state index in [1.807, 2.05) is 18.2 Å². The van der Waals surface area contributed by atoms with Crippen LogP contribution in [0.3, 0.4) is 0 Å². The monoisotopic (exact) mass is 238 g/mol. The quantitative estimate of drug-likeness (QED) is 0.482. The molecule has 0 aliphatic carbocycles. The summed E-state index contributed by atoms with van der Waals surface area (Å²) in [6, 6.07) is 15.6. The second-order valence-corrected chi connectivity index (χ2v) is 6.57. The van der Waals surface area contributed by atoms with Crippen LogP contribution in [-0.2, 0) is 4.57 Å². The molecule has 0 saturated carbocycles. The zero-order valence-corrected chi connectivity index (χ0v) is 10.9. The molecule has 0 aromatic heterocycles. The van der Waals surface area contributed by atoms with Crippen molar-refractivity contribution < 1.29 is 28.5 Å². The Morgan fingerprint density at radius 2 is 1.47 bits per heavy atom. The van der Waals surface area contributed by atoms with E-state index in [4.69, 9.17) is 0 Å². The van der Waals surface area contributed by atoms with E-state index < -0.39 is 7.14 Å². The summed E-state index contributed by atoms with van der Waals surface area (Å²) in [4.78, 5) is 0. The Labute approximate surface area is 113 Å². The van der Waals surface area contributed by atoms with Gasteiger partial charge in [-0.25, -0.2) is 0 Å². The SMILES string of the molecule is CP(=O)(c1ccccc1)c1ccccc1[O-].[Li+]. The first-order valence-electron chi connectivity index (χ1n) is 5.02. The largest absolute Gasteiger partial charge is 1.00 e. The molecule has 2 nitrogen and oxygen atoms in total. The van der Waals surface area contributed by atoms with Gasteiger partial charge in [0.05, 0.1) is 0 Å². The molecule has 0 radical (unpaired) electrons. The van der Waals surface area contributed by atoms with Gasteiger partial charge in [-0.3, -0.25) is 0 Å². The molecule has 2 rings (SSSR count). The van der Waals surface area contributed by atoms with Crippen LogP contribution in [-0.4, -0.2) is 6.66 Å². The van der Waals surface area contributed by atoms with Gasteiger partial charge >= 0.3 is 18.9 Å². The van der Waals surface area contributed by atoms with Gasteiger partial charge in [-0.05, 0) is 6.66 Å². The van der Waals surface area contributed by atoms with Crippen LogP contribution < -0.4 is 34.6 Å². The number of hydrogen-bond acceptors (Lipinski definition) is 2. The molecule has 0 bridgehead atoms. The van der Waals surface area contributed by atoms with Crippen LogP contribution >= 0.6 is 7.14 Å². The van der Waals surface area contributed by atoms with Gasteiger partial charge in [-0.15, -0.1) is 0 Å². The van der Waals surface area contributed by atoms with Crippen LogP contribution in [0.4, 0.5) is 0 Å². The summed E-state index contributed by atoms with van der Waals surface area (Å²) < 4.78 is 12.6. The second-order valence-electron chi connectivity index (χ2n) is 3.73. The van der Waals surface area contributed by atoms with E-state index >= 15 is 0 Å². The molecule has 17 heavy (non-hydrogen) atoms. The van der Waals surface area contributed by atoms with Crippen LogP contribution in [0.1, 0.15) is 0 Å². The number of rotatable bonds is 2. The Bertz CT molecular complexity index is 540. The predicted octanol–water partition coefficient (Wildman–Crippen LogP) is -1.29. The zero-order chi connectivity index (χ0) is 11.6. The van der Waals surface area contributed by atoms with Gasteiger partial charge in [0.15, 0.2) is 0 Å². The summed E-state index contributed by atoms with van der Waals surface area (Å²) >= 11 is 0. The summed E-state index contributed by atoms with van der Waals surface area (Å²) in [5, 5.41) is 12.8. The molecule has 82 valence electrons. The van der Waals surface area contributed by atoms with Crippen LogP contribution in [0.2, 0.25) is 0 Å². The van der Waals surface area contributed by atoms with Gasteiger partial charge < -0.3 is 9.67 Å². The Balaban J connectivity index is 0.00000144. The predicted molar refractivity (Wildman–Crippen MR) is 65.1 cm³/mol. The third-order valence-electron chi connectivity index (χ3n) is 2.57. The first kappa shape index (κ1) is 14.1. The molecular formula is C13H12LiO2P.